The van der Waals surface area contributed by atoms with Gasteiger partial charge in [-0.2, -0.15) is 0 Å². The Morgan fingerprint density at radius 1 is 1.47 bits per heavy atom. The number of carbonyl (C=O) groups excluding carboxylic acids is 2. The number of benzene rings is 1. The van der Waals surface area contributed by atoms with Gasteiger partial charge in [0.25, 0.3) is 0 Å². The standard InChI is InChI=1S/C10H11BrN2O2/c1-6-4-7(11)2-3-8(6)13-10(15)5-9(12)14/h2-4H,5H2,1H3,(H2,12,14)(H,13,15). The molecule has 2 amide bonds. The van der Waals surface area contributed by atoms with E-state index in [9.17, 15) is 9.59 Å². The van der Waals surface area contributed by atoms with Crippen molar-refractivity contribution >= 4 is 33.4 Å². The molecule has 1 rings (SSSR count). The van der Waals surface area contributed by atoms with Crippen LogP contribution in [0.15, 0.2) is 22.7 Å². The summed E-state index contributed by atoms with van der Waals surface area (Å²) in [6.45, 7) is 1.87. The molecule has 0 aliphatic rings. The Kier molecular flexibility index (Phi) is 3.85. The van der Waals surface area contributed by atoms with Gasteiger partial charge in [0, 0.05) is 10.2 Å². The molecule has 0 saturated heterocycles. The van der Waals surface area contributed by atoms with Crippen LogP contribution in [0.5, 0.6) is 0 Å². The molecule has 0 radical (unpaired) electrons. The summed E-state index contributed by atoms with van der Waals surface area (Å²) in [5.41, 5.74) is 6.51. The molecule has 0 saturated carbocycles. The van der Waals surface area contributed by atoms with E-state index in [-0.39, 0.29) is 6.42 Å². The van der Waals surface area contributed by atoms with E-state index in [1.165, 1.54) is 0 Å². The van der Waals surface area contributed by atoms with Crippen molar-refractivity contribution in [3.05, 3.63) is 28.2 Å². The summed E-state index contributed by atoms with van der Waals surface area (Å²) in [5, 5.41) is 2.61. The van der Waals surface area contributed by atoms with Crippen LogP contribution in [-0.4, -0.2) is 11.8 Å². The monoisotopic (exact) mass is 270 g/mol. The molecule has 1 aromatic rings. The zero-order chi connectivity index (χ0) is 11.4. The minimum atomic E-state index is -0.637. The zero-order valence-corrected chi connectivity index (χ0v) is 9.80. The van der Waals surface area contributed by atoms with Crippen molar-refractivity contribution in [3.8, 4) is 0 Å². The Bertz CT molecular complexity index is 404. The number of primary amides is 1. The molecule has 0 bridgehead atoms. The first kappa shape index (κ1) is 11.7. The number of carbonyl (C=O) groups is 2. The topological polar surface area (TPSA) is 72.2 Å². The highest BCUT2D eigenvalue weighted by Crippen LogP contribution is 2.19. The SMILES string of the molecule is Cc1cc(Br)ccc1NC(=O)CC(N)=O. The van der Waals surface area contributed by atoms with Gasteiger partial charge < -0.3 is 11.1 Å². The van der Waals surface area contributed by atoms with Crippen molar-refractivity contribution in [2.45, 2.75) is 13.3 Å². The molecule has 0 atom stereocenters. The molecule has 0 aliphatic carbocycles. The van der Waals surface area contributed by atoms with Crippen LogP contribution >= 0.6 is 15.9 Å². The van der Waals surface area contributed by atoms with Gasteiger partial charge in [-0.1, -0.05) is 15.9 Å². The van der Waals surface area contributed by atoms with Gasteiger partial charge in [-0.3, -0.25) is 9.59 Å². The highest BCUT2D eigenvalue weighted by molar-refractivity contribution is 9.10. The first-order valence-electron chi connectivity index (χ1n) is 4.33. The van der Waals surface area contributed by atoms with Crippen molar-refractivity contribution in [2.24, 2.45) is 5.73 Å². The Hall–Kier alpha value is -1.36. The molecule has 0 fully saturated rings. The second kappa shape index (κ2) is 4.93. The number of hydrogen-bond acceptors (Lipinski definition) is 2. The van der Waals surface area contributed by atoms with E-state index in [0.717, 1.165) is 10.0 Å². The van der Waals surface area contributed by atoms with Crippen molar-refractivity contribution in [3.63, 3.8) is 0 Å². The third-order valence-corrected chi connectivity index (χ3v) is 2.29. The van der Waals surface area contributed by atoms with Gasteiger partial charge in [-0.05, 0) is 30.7 Å². The summed E-state index contributed by atoms with van der Waals surface area (Å²) in [5.74, 6) is -1.03. The predicted molar refractivity (Wildman–Crippen MR) is 61.3 cm³/mol. The van der Waals surface area contributed by atoms with Crippen LogP contribution in [0.4, 0.5) is 5.69 Å². The largest absolute Gasteiger partial charge is 0.369 e. The molecule has 3 N–H and O–H groups in total. The fourth-order valence-electron chi connectivity index (χ4n) is 1.12. The quantitative estimate of drug-likeness (QED) is 0.819. The van der Waals surface area contributed by atoms with Crippen LogP contribution in [-0.2, 0) is 9.59 Å². The molecule has 4 nitrogen and oxygen atoms in total. The second-order valence-corrected chi connectivity index (χ2v) is 4.07. The summed E-state index contributed by atoms with van der Waals surface area (Å²) in [4.78, 5) is 21.7. The molecular formula is C10H11BrN2O2. The summed E-state index contributed by atoms with van der Waals surface area (Å²) >= 11 is 3.32. The average molecular weight is 271 g/mol. The Morgan fingerprint density at radius 3 is 2.67 bits per heavy atom. The van der Waals surface area contributed by atoms with Crippen LogP contribution in [0.3, 0.4) is 0 Å². The van der Waals surface area contributed by atoms with Gasteiger partial charge in [-0.15, -0.1) is 0 Å². The van der Waals surface area contributed by atoms with E-state index in [2.05, 4.69) is 21.2 Å². The maximum atomic E-state index is 11.2. The van der Waals surface area contributed by atoms with E-state index in [0.29, 0.717) is 5.69 Å². The van der Waals surface area contributed by atoms with Gasteiger partial charge in [0.15, 0.2) is 0 Å². The Balaban J connectivity index is 2.72. The van der Waals surface area contributed by atoms with Crippen molar-refractivity contribution in [1.29, 1.82) is 0 Å². The number of amides is 2. The van der Waals surface area contributed by atoms with Crippen LogP contribution in [0.2, 0.25) is 0 Å². The van der Waals surface area contributed by atoms with Gasteiger partial charge in [0.1, 0.15) is 6.42 Å². The van der Waals surface area contributed by atoms with Gasteiger partial charge >= 0.3 is 0 Å². The van der Waals surface area contributed by atoms with Crippen LogP contribution < -0.4 is 11.1 Å². The molecule has 0 aliphatic heterocycles. The van der Waals surface area contributed by atoms with Gasteiger partial charge in [0.05, 0.1) is 0 Å². The second-order valence-electron chi connectivity index (χ2n) is 3.15. The third kappa shape index (κ3) is 3.71. The van der Waals surface area contributed by atoms with Crippen molar-refractivity contribution < 1.29 is 9.59 Å². The molecule has 5 heteroatoms. The van der Waals surface area contributed by atoms with E-state index in [4.69, 9.17) is 5.73 Å². The van der Waals surface area contributed by atoms with Crippen LogP contribution in [0.1, 0.15) is 12.0 Å². The highest BCUT2D eigenvalue weighted by Gasteiger charge is 2.07. The number of rotatable bonds is 3. The summed E-state index contributed by atoms with van der Waals surface area (Å²) in [6.07, 6.45) is -0.296. The lowest BCUT2D eigenvalue weighted by atomic mass is 10.2. The molecule has 0 spiro atoms. The number of nitrogens with one attached hydrogen (secondary N) is 1. The molecule has 1 aromatic carbocycles. The lowest BCUT2D eigenvalue weighted by Crippen LogP contribution is -2.21. The minimum absolute atomic E-state index is 0.296. The lowest BCUT2D eigenvalue weighted by Gasteiger charge is -2.07. The molecule has 0 heterocycles. The molecule has 0 aromatic heterocycles. The zero-order valence-electron chi connectivity index (χ0n) is 8.21. The Labute approximate surface area is 96.0 Å². The molecule has 80 valence electrons. The molecular weight excluding hydrogens is 260 g/mol. The van der Waals surface area contributed by atoms with Crippen LogP contribution in [0.25, 0.3) is 0 Å². The van der Waals surface area contributed by atoms with Crippen molar-refractivity contribution in [2.75, 3.05) is 5.32 Å². The predicted octanol–water partition coefficient (Wildman–Crippen LogP) is 1.57. The van der Waals surface area contributed by atoms with E-state index in [1.807, 2.05) is 19.1 Å². The molecule has 0 unspecified atom stereocenters. The fourth-order valence-corrected chi connectivity index (χ4v) is 1.60. The number of aryl methyl sites for hydroxylation is 1. The first-order valence-corrected chi connectivity index (χ1v) is 5.12. The van der Waals surface area contributed by atoms with E-state index >= 15 is 0 Å². The maximum absolute atomic E-state index is 11.2. The fraction of sp³-hybridized carbons (Fsp3) is 0.200. The number of anilines is 1. The van der Waals surface area contributed by atoms with E-state index < -0.39 is 11.8 Å². The number of nitrogens with two attached hydrogens (primary N) is 1. The normalized spacial score (nSPS) is 9.73. The minimum Gasteiger partial charge on any atom is -0.369 e. The van der Waals surface area contributed by atoms with Gasteiger partial charge in [-0.25, -0.2) is 0 Å². The number of halogens is 1. The first-order chi connectivity index (χ1) is 6.99. The average Bonchev–Trinajstić information content (AvgIpc) is 2.08. The van der Waals surface area contributed by atoms with Gasteiger partial charge in [0.2, 0.25) is 11.8 Å². The maximum Gasteiger partial charge on any atom is 0.233 e. The summed E-state index contributed by atoms with van der Waals surface area (Å²) in [6, 6.07) is 5.45. The highest BCUT2D eigenvalue weighted by atomic mass is 79.9. The van der Waals surface area contributed by atoms with Crippen molar-refractivity contribution in [1.82, 2.24) is 0 Å². The number of hydrogen-bond donors (Lipinski definition) is 2. The smallest absolute Gasteiger partial charge is 0.233 e. The van der Waals surface area contributed by atoms with E-state index in [1.54, 1.807) is 6.07 Å². The Morgan fingerprint density at radius 2 is 2.13 bits per heavy atom. The van der Waals surface area contributed by atoms with Crippen LogP contribution in [0, 0.1) is 6.92 Å². The third-order valence-electron chi connectivity index (χ3n) is 1.80. The lowest BCUT2D eigenvalue weighted by molar-refractivity contribution is -0.124. The summed E-state index contributed by atoms with van der Waals surface area (Å²) < 4.78 is 0.938. The molecule has 15 heavy (non-hydrogen) atoms. The summed E-state index contributed by atoms with van der Waals surface area (Å²) in [7, 11) is 0.